The minimum Gasteiger partial charge on any atom is -0.497 e. The number of carbonyl (C=O) groups is 1. The first-order chi connectivity index (χ1) is 9.95. The van der Waals surface area contributed by atoms with Gasteiger partial charge in [-0.3, -0.25) is 0 Å². The minimum atomic E-state index is -0.696. The fraction of sp³-hybridized carbons (Fsp3) is 0.533. The van der Waals surface area contributed by atoms with Crippen molar-refractivity contribution in [3.05, 3.63) is 24.3 Å². The van der Waals surface area contributed by atoms with Crippen LogP contribution in [-0.2, 0) is 19.0 Å². The summed E-state index contributed by atoms with van der Waals surface area (Å²) in [4.78, 5) is 12.0. The lowest BCUT2D eigenvalue weighted by atomic mass is 10.1. The number of methoxy groups -OCH3 is 2. The first-order valence-electron chi connectivity index (χ1n) is 6.75. The molecule has 6 nitrogen and oxygen atoms in total. The first-order valence-corrected chi connectivity index (χ1v) is 6.75. The van der Waals surface area contributed by atoms with E-state index in [1.165, 1.54) is 7.11 Å². The summed E-state index contributed by atoms with van der Waals surface area (Å²) in [6.07, 6.45) is -0.408. The Balaban J connectivity index is 2.11. The van der Waals surface area contributed by atoms with E-state index in [-0.39, 0.29) is 0 Å². The number of anilines is 1. The Morgan fingerprint density at radius 2 is 2.00 bits per heavy atom. The molecule has 116 valence electrons. The zero-order valence-corrected chi connectivity index (χ0v) is 12.7. The fourth-order valence-electron chi connectivity index (χ4n) is 2.18. The molecular formula is C15H21NO5. The smallest absolute Gasteiger partial charge is 0.331 e. The maximum absolute atomic E-state index is 12.0. The third-order valence-electron chi connectivity index (χ3n) is 3.27. The van der Waals surface area contributed by atoms with Gasteiger partial charge in [0, 0.05) is 5.69 Å². The predicted molar refractivity (Wildman–Crippen MR) is 77.3 cm³/mol. The van der Waals surface area contributed by atoms with Gasteiger partial charge in [0.25, 0.3) is 0 Å². The molecule has 0 bridgehead atoms. The molecule has 0 aliphatic carbocycles. The summed E-state index contributed by atoms with van der Waals surface area (Å²) in [5, 5.41) is 3.13. The monoisotopic (exact) mass is 295 g/mol. The topological polar surface area (TPSA) is 66.0 Å². The van der Waals surface area contributed by atoms with Crippen LogP contribution in [0.2, 0.25) is 0 Å². The molecule has 0 unspecified atom stereocenters. The number of ether oxygens (including phenoxy) is 4. The van der Waals surface area contributed by atoms with Gasteiger partial charge in [0.2, 0.25) is 0 Å². The third-order valence-corrected chi connectivity index (χ3v) is 3.27. The summed E-state index contributed by atoms with van der Waals surface area (Å²) in [6.45, 7) is 3.96. The van der Waals surface area contributed by atoms with Gasteiger partial charge >= 0.3 is 5.97 Å². The van der Waals surface area contributed by atoms with Gasteiger partial charge in [-0.05, 0) is 38.1 Å². The number of hydrogen-bond acceptors (Lipinski definition) is 6. The molecule has 2 rings (SSSR count). The van der Waals surface area contributed by atoms with Crippen molar-refractivity contribution in [2.75, 3.05) is 26.1 Å². The van der Waals surface area contributed by atoms with E-state index in [4.69, 9.17) is 18.9 Å². The molecular weight excluding hydrogens is 274 g/mol. The number of hydrogen-bond donors (Lipinski definition) is 1. The van der Waals surface area contributed by atoms with E-state index in [0.717, 1.165) is 11.4 Å². The average Bonchev–Trinajstić information content (AvgIpc) is 2.84. The van der Waals surface area contributed by atoms with Crippen LogP contribution in [0.3, 0.4) is 0 Å². The lowest BCUT2D eigenvalue weighted by Crippen LogP contribution is -2.43. The summed E-state index contributed by atoms with van der Waals surface area (Å²) in [6, 6.07) is 6.65. The average molecular weight is 295 g/mol. The van der Waals surface area contributed by atoms with E-state index in [0.29, 0.717) is 6.61 Å². The van der Waals surface area contributed by atoms with Crippen molar-refractivity contribution in [1.82, 2.24) is 0 Å². The highest BCUT2D eigenvalue weighted by molar-refractivity contribution is 5.80. The Morgan fingerprint density at radius 3 is 2.48 bits per heavy atom. The minimum absolute atomic E-state index is 0.329. The number of benzene rings is 1. The zero-order chi connectivity index (χ0) is 15.5. The van der Waals surface area contributed by atoms with Crippen molar-refractivity contribution >= 4 is 11.7 Å². The molecule has 0 amide bonds. The largest absolute Gasteiger partial charge is 0.497 e. The Bertz CT molecular complexity index is 485. The summed E-state index contributed by atoms with van der Waals surface area (Å²) in [5.74, 6) is -0.340. The molecule has 0 radical (unpaired) electrons. The van der Waals surface area contributed by atoms with Crippen LogP contribution in [0.4, 0.5) is 5.69 Å². The van der Waals surface area contributed by atoms with Crippen LogP contribution >= 0.6 is 0 Å². The van der Waals surface area contributed by atoms with E-state index < -0.39 is 23.9 Å². The second-order valence-electron chi connectivity index (χ2n) is 5.24. The Kier molecular flexibility index (Phi) is 4.69. The van der Waals surface area contributed by atoms with E-state index >= 15 is 0 Å². The SMILES string of the molecule is COC(=O)[C@@H](Nc1ccc(OC)cc1)[C@H]1COC(C)(C)O1. The van der Waals surface area contributed by atoms with Gasteiger partial charge in [0.15, 0.2) is 11.8 Å². The molecule has 2 atom stereocenters. The molecule has 1 aromatic carbocycles. The maximum Gasteiger partial charge on any atom is 0.331 e. The Morgan fingerprint density at radius 1 is 1.33 bits per heavy atom. The molecule has 1 aliphatic heterocycles. The normalized spacial score (nSPS) is 21.6. The van der Waals surface area contributed by atoms with E-state index in [2.05, 4.69) is 5.32 Å². The standard InChI is InChI=1S/C15H21NO5/c1-15(2)20-9-12(21-15)13(14(17)19-4)16-10-5-7-11(18-3)8-6-10/h5-8,12-13,16H,9H2,1-4H3/t12-,13+/m1/s1. The highest BCUT2D eigenvalue weighted by atomic mass is 16.7. The van der Waals surface area contributed by atoms with Crippen molar-refractivity contribution in [1.29, 1.82) is 0 Å². The number of esters is 1. The second kappa shape index (κ2) is 6.32. The number of nitrogens with one attached hydrogen (secondary N) is 1. The Labute approximate surface area is 124 Å². The number of carbonyl (C=O) groups excluding carboxylic acids is 1. The molecule has 1 heterocycles. The molecule has 1 aromatic rings. The van der Waals surface area contributed by atoms with Gasteiger partial charge in [-0.2, -0.15) is 0 Å². The lowest BCUT2D eigenvalue weighted by molar-refractivity contribution is -0.153. The highest BCUT2D eigenvalue weighted by Crippen LogP contribution is 2.26. The van der Waals surface area contributed by atoms with Gasteiger partial charge in [0.05, 0.1) is 20.8 Å². The van der Waals surface area contributed by atoms with E-state index in [1.807, 2.05) is 38.1 Å². The van der Waals surface area contributed by atoms with E-state index in [1.54, 1.807) is 7.11 Å². The quantitative estimate of drug-likeness (QED) is 0.836. The van der Waals surface area contributed by atoms with Gasteiger partial charge in [0.1, 0.15) is 11.9 Å². The summed E-state index contributed by atoms with van der Waals surface area (Å²) in [5.41, 5.74) is 0.777. The highest BCUT2D eigenvalue weighted by Gasteiger charge is 2.41. The maximum atomic E-state index is 12.0. The third kappa shape index (κ3) is 3.86. The van der Waals surface area contributed by atoms with Crippen molar-refractivity contribution in [3.63, 3.8) is 0 Å². The lowest BCUT2D eigenvalue weighted by Gasteiger charge is -2.24. The van der Waals surface area contributed by atoms with Crippen molar-refractivity contribution in [2.45, 2.75) is 31.8 Å². The molecule has 0 aromatic heterocycles. The summed E-state index contributed by atoms with van der Waals surface area (Å²) >= 11 is 0. The zero-order valence-electron chi connectivity index (χ0n) is 12.7. The van der Waals surface area contributed by atoms with E-state index in [9.17, 15) is 4.79 Å². The van der Waals surface area contributed by atoms with Gasteiger partial charge < -0.3 is 24.3 Å². The van der Waals surface area contributed by atoms with Gasteiger partial charge in [-0.1, -0.05) is 0 Å². The Hall–Kier alpha value is -1.79. The van der Waals surface area contributed by atoms with Crippen molar-refractivity contribution in [3.8, 4) is 5.75 Å². The molecule has 6 heteroatoms. The summed E-state index contributed by atoms with van der Waals surface area (Å²) < 4.78 is 21.2. The molecule has 1 N–H and O–H groups in total. The van der Waals surface area contributed by atoms with Crippen LogP contribution in [0.25, 0.3) is 0 Å². The van der Waals surface area contributed by atoms with Crippen LogP contribution < -0.4 is 10.1 Å². The van der Waals surface area contributed by atoms with Gasteiger partial charge in [-0.15, -0.1) is 0 Å². The van der Waals surface area contributed by atoms with Crippen molar-refractivity contribution in [2.24, 2.45) is 0 Å². The van der Waals surface area contributed by atoms with Crippen LogP contribution in [0.1, 0.15) is 13.8 Å². The summed E-state index contributed by atoms with van der Waals surface area (Å²) in [7, 11) is 2.96. The molecule has 1 fully saturated rings. The van der Waals surface area contributed by atoms with Crippen LogP contribution in [0, 0.1) is 0 Å². The second-order valence-corrected chi connectivity index (χ2v) is 5.24. The molecule has 0 spiro atoms. The predicted octanol–water partition coefficient (Wildman–Crippen LogP) is 1.80. The fourth-order valence-corrected chi connectivity index (χ4v) is 2.18. The van der Waals surface area contributed by atoms with Crippen LogP contribution in [0.15, 0.2) is 24.3 Å². The van der Waals surface area contributed by atoms with Crippen molar-refractivity contribution < 1.29 is 23.7 Å². The van der Waals surface area contributed by atoms with Gasteiger partial charge in [-0.25, -0.2) is 4.79 Å². The molecule has 21 heavy (non-hydrogen) atoms. The first kappa shape index (κ1) is 15.6. The van der Waals surface area contributed by atoms with Crippen LogP contribution in [0.5, 0.6) is 5.75 Å². The molecule has 1 aliphatic rings. The molecule has 0 saturated carbocycles. The van der Waals surface area contributed by atoms with Crippen LogP contribution in [-0.4, -0.2) is 44.7 Å². The molecule has 1 saturated heterocycles. The number of rotatable bonds is 5.